The molecular weight excluding hydrogens is 486 g/mol. The van der Waals surface area contributed by atoms with Gasteiger partial charge in [-0.2, -0.15) is 9.83 Å². The molecule has 1 spiro atoms. The summed E-state index contributed by atoms with van der Waals surface area (Å²) in [5, 5.41) is 10.8. The van der Waals surface area contributed by atoms with Crippen molar-refractivity contribution in [3.8, 4) is 6.07 Å². The minimum atomic E-state index is -0.900. The number of hydrogen-bond acceptors (Lipinski definition) is 2. The fourth-order valence-corrected chi connectivity index (χ4v) is 5.69. The first-order valence-corrected chi connectivity index (χ1v) is 11.2. The highest BCUT2D eigenvalue weighted by atomic mass is 79.9. The number of carbonyl (C=O) groups excluding carboxylic acids is 1. The minimum Gasteiger partial charge on any atom is -1.00 e. The maximum atomic E-state index is 14.2. The summed E-state index contributed by atoms with van der Waals surface area (Å²) < 4.78 is 2.39. The highest BCUT2D eigenvalue weighted by Crippen LogP contribution is 2.46. The summed E-state index contributed by atoms with van der Waals surface area (Å²) in [5.41, 5.74) is 4.07. The van der Waals surface area contributed by atoms with E-state index < -0.39 is 11.1 Å². The van der Waals surface area contributed by atoms with Crippen LogP contribution in [0.2, 0.25) is 0 Å². The van der Waals surface area contributed by atoms with E-state index in [9.17, 15) is 4.79 Å². The SMILES string of the molecule is CC#N.CC1=C[C@H]2Cc3cccc4[n+]3[C@]2(C=C1)NC(=O)C4(c1ccccc1)c1ccccc1.[Br-]. The van der Waals surface area contributed by atoms with Crippen LogP contribution in [0, 0.1) is 17.2 Å². The summed E-state index contributed by atoms with van der Waals surface area (Å²) in [7, 11) is 0. The number of aromatic nitrogens is 1. The number of nitrogens with one attached hydrogen (secondary N) is 1. The monoisotopic (exact) mass is 511 g/mol. The quantitative estimate of drug-likeness (QED) is 0.527. The number of nitriles is 1. The van der Waals surface area contributed by atoms with E-state index in [1.54, 1.807) is 6.07 Å². The molecule has 3 aromatic rings. The van der Waals surface area contributed by atoms with E-state index in [1.807, 2.05) is 36.4 Å². The molecule has 0 unspecified atom stereocenters. The highest BCUT2D eigenvalue weighted by molar-refractivity contribution is 5.96. The fraction of sp³-hybridized carbons (Fsp3) is 0.207. The average Bonchev–Trinajstić information content (AvgIpc) is 3.15. The molecule has 2 aliphatic heterocycles. The summed E-state index contributed by atoms with van der Waals surface area (Å²) in [5.74, 6) is 0.249. The zero-order valence-corrected chi connectivity index (χ0v) is 20.8. The molecule has 4 nitrogen and oxygen atoms in total. The lowest BCUT2D eigenvalue weighted by Crippen LogP contribution is -3.00. The Bertz CT molecular complexity index is 1280. The lowest BCUT2D eigenvalue weighted by Gasteiger charge is -2.42. The highest BCUT2D eigenvalue weighted by Gasteiger charge is 2.65. The van der Waals surface area contributed by atoms with Crippen LogP contribution in [0.5, 0.6) is 0 Å². The Morgan fingerprint density at radius 1 is 0.971 bits per heavy atom. The van der Waals surface area contributed by atoms with Crippen molar-refractivity contribution in [3.63, 3.8) is 0 Å². The van der Waals surface area contributed by atoms with E-state index in [-0.39, 0.29) is 28.8 Å². The normalized spacial score (nSPS) is 22.4. The fourth-order valence-electron chi connectivity index (χ4n) is 5.69. The van der Waals surface area contributed by atoms with Gasteiger partial charge in [0.1, 0.15) is 0 Å². The first-order chi connectivity index (χ1) is 16.1. The van der Waals surface area contributed by atoms with Gasteiger partial charge in [0, 0.05) is 31.6 Å². The van der Waals surface area contributed by atoms with Gasteiger partial charge in [-0.15, -0.1) is 0 Å². The molecule has 3 aliphatic rings. The van der Waals surface area contributed by atoms with E-state index in [0.29, 0.717) is 0 Å². The van der Waals surface area contributed by atoms with Crippen LogP contribution >= 0.6 is 0 Å². The summed E-state index contributed by atoms with van der Waals surface area (Å²) >= 11 is 0. The lowest BCUT2D eigenvalue weighted by molar-refractivity contribution is -0.765. The molecule has 5 heteroatoms. The maximum Gasteiger partial charge on any atom is 0.270 e. The van der Waals surface area contributed by atoms with Gasteiger partial charge in [-0.05, 0) is 24.1 Å². The van der Waals surface area contributed by atoms with Crippen molar-refractivity contribution in [1.29, 1.82) is 5.26 Å². The number of benzene rings is 2. The number of halogens is 1. The van der Waals surface area contributed by atoms with Crippen LogP contribution in [-0.4, -0.2) is 5.91 Å². The third kappa shape index (κ3) is 3.25. The second-order valence-corrected chi connectivity index (χ2v) is 8.78. The molecule has 1 aliphatic carbocycles. The van der Waals surface area contributed by atoms with E-state index in [2.05, 4.69) is 77.5 Å². The van der Waals surface area contributed by atoms with E-state index >= 15 is 0 Å². The summed E-state index contributed by atoms with van der Waals surface area (Å²) in [4.78, 5) is 14.2. The first kappa shape index (κ1) is 23.7. The van der Waals surface area contributed by atoms with E-state index in [4.69, 9.17) is 5.26 Å². The molecule has 6 rings (SSSR count). The van der Waals surface area contributed by atoms with E-state index in [1.165, 1.54) is 18.2 Å². The second kappa shape index (κ2) is 9.04. The van der Waals surface area contributed by atoms with Crippen LogP contribution in [0.4, 0.5) is 0 Å². The van der Waals surface area contributed by atoms with Gasteiger partial charge in [-0.1, -0.05) is 78.4 Å². The molecule has 0 saturated heterocycles. The van der Waals surface area contributed by atoms with Crippen LogP contribution in [0.25, 0.3) is 0 Å². The smallest absolute Gasteiger partial charge is 0.270 e. The molecule has 1 aromatic heterocycles. The van der Waals surface area contributed by atoms with Gasteiger partial charge in [-0.3, -0.25) is 10.1 Å². The van der Waals surface area contributed by atoms with Gasteiger partial charge in [0.25, 0.3) is 11.6 Å². The molecule has 0 saturated carbocycles. The average molecular weight is 512 g/mol. The van der Waals surface area contributed by atoms with Crippen molar-refractivity contribution in [2.24, 2.45) is 5.92 Å². The topological polar surface area (TPSA) is 56.8 Å². The maximum absolute atomic E-state index is 14.2. The van der Waals surface area contributed by atoms with Crippen LogP contribution in [0.15, 0.2) is 103 Å². The van der Waals surface area contributed by atoms with Crippen molar-refractivity contribution < 1.29 is 26.3 Å². The molecule has 3 heterocycles. The number of amides is 1. The summed E-state index contributed by atoms with van der Waals surface area (Å²) in [6, 6.07) is 28.5. The number of rotatable bonds is 2. The third-order valence-electron chi connectivity index (χ3n) is 6.95. The van der Waals surface area contributed by atoms with Gasteiger partial charge >= 0.3 is 0 Å². The summed E-state index contributed by atoms with van der Waals surface area (Å²) in [6.07, 6.45) is 7.53. The molecule has 0 bridgehead atoms. The predicted octanol–water partition coefficient (Wildman–Crippen LogP) is 1.31. The van der Waals surface area contributed by atoms with Crippen molar-refractivity contribution in [1.82, 2.24) is 5.32 Å². The number of carbonyl (C=O) groups is 1. The minimum absolute atomic E-state index is 0. The molecule has 170 valence electrons. The Balaban J connectivity index is 0.000000652. The third-order valence-corrected chi connectivity index (χ3v) is 6.95. The van der Waals surface area contributed by atoms with Gasteiger partial charge in [0.05, 0.1) is 12.0 Å². The Labute approximate surface area is 211 Å². The van der Waals surface area contributed by atoms with Crippen LogP contribution < -0.4 is 26.9 Å². The van der Waals surface area contributed by atoms with Gasteiger partial charge < -0.3 is 17.0 Å². The Kier molecular flexibility index (Phi) is 6.29. The standard InChI is InChI=1S/C27H22N2O.C2H3N.BrH/c1-19-15-16-26-22(17-19)18-23-13-8-14-24(29(23)26)27(25(30)28-26,20-9-4-2-5-10-20)21-11-6-3-7-12-21;1-2-3;/h2-17,22H,18H2,1H3;1H3;1H/t22-,26-;;/m0../s1. The molecular formula is C29H26BrN3O. The number of pyridine rings is 1. The van der Waals surface area contributed by atoms with Gasteiger partial charge in [-0.25, -0.2) is 0 Å². The Morgan fingerprint density at radius 2 is 1.56 bits per heavy atom. The predicted molar refractivity (Wildman–Crippen MR) is 127 cm³/mol. The number of nitrogens with zero attached hydrogens (tertiary/aromatic N) is 2. The van der Waals surface area contributed by atoms with Crippen molar-refractivity contribution >= 4 is 5.91 Å². The molecule has 1 amide bonds. The van der Waals surface area contributed by atoms with E-state index in [0.717, 1.165) is 23.2 Å². The first-order valence-electron chi connectivity index (χ1n) is 11.2. The lowest BCUT2D eigenvalue weighted by atomic mass is 9.68. The van der Waals surface area contributed by atoms with Gasteiger partial charge in [0.15, 0.2) is 11.1 Å². The van der Waals surface area contributed by atoms with Crippen LogP contribution in [0.3, 0.4) is 0 Å². The molecule has 34 heavy (non-hydrogen) atoms. The zero-order chi connectivity index (χ0) is 23.1. The summed E-state index contributed by atoms with van der Waals surface area (Å²) in [6.45, 7) is 3.56. The molecule has 1 N–H and O–H groups in total. The number of allylic oxidation sites excluding steroid dienone is 2. The zero-order valence-electron chi connectivity index (χ0n) is 19.2. The van der Waals surface area contributed by atoms with Crippen molar-refractivity contribution in [3.05, 3.63) is 125 Å². The largest absolute Gasteiger partial charge is 1.00 e. The molecule has 0 radical (unpaired) electrons. The van der Waals surface area contributed by atoms with Crippen molar-refractivity contribution in [2.75, 3.05) is 0 Å². The molecule has 0 fully saturated rings. The second-order valence-electron chi connectivity index (χ2n) is 8.78. The Morgan fingerprint density at radius 3 is 2.15 bits per heavy atom. The van der Waals surface area contributed by atoms with Crippen LogP contribution in [0.1, 0.15) is 36.4 Å². The molecule has 2 atom stereocenters. The Hall–Kier alpha value is -3.49. The van der Waals surface area contributed by atoms with Crippen LogP contribution in [-0.2, 0) is 22.3 Å². The number of hydrogen-bond donors (Lipinski definition) is 1. The molecule has 2 aromatic carbocycles. The van der Waals surface area contributed by atoms with Gasteiger partial charge in [0.2, 0.25) is 5.69 Å². The van der Waals surface area contributed by atoms with Crippen molar-refractivity contribution in [2.45, 2.75) is 31.3 Å².